The Morgan fingerprint density at radius 2 is 2.28 bits per heavy atom. The lowest BCUT2D eigenvalue weighted by Gasteiger charge is -2.11. The predicted octanol–water partition coefficient (Wildman–Crippen LogP) is 2.13. The number of ether oxygens (including phenoxy) is 1. The number of hydrogen-bond donors (Lipinski definition) is 1. The number of benzene rings is 1. The zero-order chi connectivity index (χ0) is 13.1. The van der Waals surface area contributed by atoms with E-state index >= 15 is 0 Å². The minimum Gasteiger partial charge on any atom is -0.373 e. The maximum absolute atomic E-state index is 13.3. The average molecular weight is 254 g/mol. The third kappa shape index (κ3) is 3.02. The van der Waals surface area contributed by atoms with Crippen LogP contribution in [0.5, 0.6) is 0 Å². The van der Waals surface area contributed by atoms with E-state index in [4.69, 9.17) is 10.5 Å². The second-order valence-corrected chi connectivity index (χ2v) is 4.55. The van der Waals surface area contributed by atoms with Crippen LogP contribution in [0.2, 0.25) is 0 Å². The molecular formula is C12H15FN2O3. The van der Waals surface area contributed by atoms with Crippen LogP contribution >= 0.6 is 0 Å². The highest BCUT2D eigenvalue weighted by Gasteiger charge is 2.22. The van der Waals surface area contributed by atoms with E-state index in [9.17, 15) is 14.5 Å². The fourth-order valence-electron chi connectivity index (χ4n) is 2.13. The van der Waals surface area contributed by atoms with Crippen molar-refractivity contribution < 1.29 is 14.1 Å². The summed E-state index contributed by atoms with van der Waals surface area (Å²) >= 11 is 0. The van der Waals surface area contributed by atoms with Crippen molar-refractivity contribution in [3.05, 3.63) is 39.7 Å². The standard InChI is InChI=1S/C12H15FN2O3/c13-11-5-8(1-4-12(11)15(16)17)7-18-10-3-2-9(14)6-10/h1,4-5,9-10H,2-3,6-7,14H2. The largest absolute Gasteiger partial charge is 0.373 e. The maximum Gasteiger partial charge on any atom is 0.304 e. The lowest BCUT2D eigenvalue weighted by molar-refractivity contribution is -0.387. The molecule has 5 nitrogen and oxygen atoms in total. The van der Waals surface area contributed by atoms with E-state index in [1.165, 1.54) is 6.07 Å². The Kier molecular flexibility index (Phi) is 3.88. The van der Waals surface area contributed by atoms with Crippen LogP contribution in [0.3, 0.4) is 0 Å². The summed E-state index contributed by atoms with van der Waals surface area (Å²) in [5.41, 5.74) is 5.84. The molecule has 0 radical (unpaired) electrons. The number of nitrogens with zero attached hydrogens (tertiary/aromatic N) is 1. The Hall–Kier alpha value is -1.53. The van der Waals surface area contributed by atoms with Gasteiger partial charge < -0.3 is 10.5 Å². The quantitative estimate of drug-likeness (QED) is 0.659. The van der Waals surface area contributed by atoms with E-state index in [2.05, 4.69) is 0 Å². The molecule has 0 bridgehead atoms. The van der Waals surface area contributed by atoms with Crippen molar-refractivity contribution in [2.24, 2.45) is 5.73 Å². The van der Waals surface area contributed by atoms with Gasteiger partial charge in [0, 0.05) is 12.1 Å². The molecule has 1 aliphatic rings. The first-order valence-electron chi connectivity index (χ1n) is 5.86. The summed E-state index contributed by atoms with van der Waals surface area (Å²) in [5.74, 6) is -0.829. The van der Waals surface area contributed by atoms with Crippen molar-refractivity contribution in [1.29, 1.82) is 0 Å². The molecule has 6 heteroatoms. The van der Waals surface area contributed by atoms with Gasteiger partial charge in [0.2, 0.25) is 5.82 Å². The molecule has 2 atom stereocenters. The SMILES string of the molecule is NC1CCC(OCc2ccc([N+](=O)[O-])c(F)c2)C1. The normalized spacial score (nSPS) is 23.2. The molecule has 0 spiro atoms. The first kappa shape index (κ1) is 12.9. The van der Waals surface area contributed by atoms with Crippen molar-refractivity contribution in [1.82, 2.24) is 0 Å². The molecule has 18 heavy (non-hydrogen) atoms. The third-order valence-corrected chi connectivity index (χ3v) is 3.12. The highest BCUT2D eigenvalue weighted by molar-refractivity contribution is 5.34. The highest BCUT2D eigenvalue weighted by atomic mass is 19.1. The smallest absolute Gasteiger partial charge is 0.304 e. The van der Waals surface area contributed by atoms with Crippen molar-refractivity contribution in [2.75, 3.05) is 0 Å². The highest BCUT2D eigenvalue weighted by Crippen LogP contribution is 2.23. The summed E-state index contributed by atoms with van der Waals surface area (Å²) < 4.78 is 18.9. The van der Waals surface area contributed by atoms with E-state index in [-0.39, 0.29) is 18.8 Å². The lowest BCUT2D eigenvalue weighted by atomic mass is 10.2. The van der Waals surface area contributed by atoms with Gasteiger partial charge in [-0.3, -0.25) is 10.1 Å². The van der Waals surface area contributed by atoms with E-state index in [0.717, 1.165) is 31.4 Å². The van der Waals surface area contributed by atoms with Gasteiger partial charge in [0.05, 0.1) is 17.6 Å². The molecule has 1 aromatic carbocycles. The van der Waals surface area contributed by atoms with Gasteiger partial charge in [-0.2, -0.15) is 4.39 Å². The van der Waals surface area contributed by atoms with Crippen LogP contribution in [0, 0.1) is 15.9 Å². The maximum atomic E-state index is 13.3. The number of nitrogens with two attached hydrogens (primary N) is 1. The second-order valence-electron chi connectivity index (χ2n) is 4.55. The van der Waals surface area contributed by atoms with Crippen LogP contribution in [0.15, 0.2) is 18.2 Å². The van der Waals surface area contributed by atoms with E-state index in [1.807, 2.05) is 0 Å². The Labute approximate surface area is 104 Å². The van der Waals surface area contributed by atoms with Crippen LogP contribution in [0.25, 0.3) is 0 Å². The number of nitro groups is 1. The van der Waals surface area contributed by atoms with Crippen LogP contribution in [0.1, 0.15) is 24.8 Å². The number of hydrogen-bond acceptors (Lipinski definition) is 4. The van der Waals surface area contributed by atoms with Crippen molar-refractivity contribution in [3.8, 4) is 0 Å². The fraction of sp³-hybridized carbons (Fsp3) is 0.500. The predicted molar refractivity (Wildman–Crippen MR) is 63.5 cm³/mol. The fourth-order valence-corrected chi connectivity index (χ4v) is 2.13. The van der Waals surface area contributed by atoms with Gasteiger partial charge in [0.25, 0.3) is 0 Å². The van der Waals surface area contributed by atoms with E-state index in [0.29, 0.717) is 5.56 Å². The van der Waals surface area contributed by atoms with Crippen LogP contribution in [0.4, 0.5) is 10.1 Å². The molecule has 0 aliphatic heterocycles. The molecular weight excluding hydrogens is 239 g/mol. The van der Waals surface area contributed by atoms with Gasteiger partial charge in [-0.25, -0.2) is 0 Å². The second kappa shape index (κ2) is 5.41. The Balaban J connectivity index is 1.94. The molecule has 0 amide bonds. The molecule has 98 valence electrons. The molecule has 0 heterocycles. The Bertz CT molecular complexity index is 453. The topological polar surface area (TPSA) is 78.4 Å². The first-order chi connectivity index (χ1) is 8.56. The molecule has 1 aliphatic carbocycles. The molecule has 2 rings (SSSR count). The van der Waals surface area contributed by atoms with Crippen molar-refractivity contribution >= 4 is 5.69 Å². The number of halogens is 1. The minimum atomic E-state index is -0.829. The van der Waals surface area contributed by atoms with Gasteiger partial charge in [0.1, 0.15) is 0 Å². The molecule has 1 aromatic rings. The van der Waals surface area contributed by atoms with Crippen LogP contribution in [-0.2, 0) is 11.3 Å². The van der Waals surface area contributed by atoms with Gasteiger partial charge in [-0.15, -0.1) is 0 Å². The van der Waals surface area contributed by atoms with Gasteiger partial charge in [-0.1, -0.05) is 0 Å². The monoisotopic (exact) mass is 254 g/mol. The zero-order valence-corrected chi connectivity index (χ0v) is 9.84. The molecule has 0 aromatic heterocycles. The molecule has 1 saturated carbocycles. The van der Waals surface area contributed by atoms with Crippen molar-refractivity contribution in [2.45, 2.75) is 38.0 Å². The van der Waals surface area contributed by atoms with Crippen LogP contribution in [-0.4, -0.2) is 17.1 Å². The summed E-state index contributed by atoms with van der Waals surface area (Å²) in [5, 5.41) is 10.5. The Morgan fingerprint density at radius 3 is 2.83 bits per heavy atom. The van der Waals surface area contributed by atoms with E-state index < -0.39 is 16.4 Å². The number of nitro benzene ring substituents is 1. The summed E-state index contributed by atoms with van der Waals surface area (Å²) in [6.07, 6.45) is 2.78. The summed E-state index contributed by atoms with van der Waals surface area (Å²) in [4.78, 5) is 9.72. The summed E-state index contributed by atoms with van der Waals surface area (Å²) in [7, 11) is 0. The number of rotatable bonds is 4. The summed E-state index contributed by atoms with van der Waals surface area (Å²) in [6, 6.07) is 4.00. The summed E-state index contributed by atoms with van der Waals surface area (Å²) in [6.45, 7) is 0.256. The third-order valence-electron chi connectivity index (χ3n) is 3.12. The van der Waals surface area contributed by atoms with Crippen molar-refractivity contribution in [3.63, 3.8) is 0 Å². The van der Waals surface area contributed by atoms with Gasteiger partial charge >= 0.3 is 5.69 Å². The van der Waals surface area contributed by atoms with E-state index in [1.54, 1.807) is 0 Å². The van der Waals surface area contributed by atoms with Crippen LogP contribution < -0.4 is 5.73 Å². The molecule has 1 fully saturated rings. The van der Waals surface area contributed by atoms with Gasteiger partial charge in [-0.05, 0) is 37.0 Å². The molecule has 2 unspecified atom stereocenters. The molecule has 0 saturated heterocycles. The minimum absolute atomic E-state index is 0.109. The first-order valence-corrected chi connectivity index (χ1v) is 5.86. The zero-order valence-electron chi connectivity index (χ0n) is 9.84. The lowest BCUT2D eigenvalue weighted by Crippen LogP contribution is -2.17. The molecule has 2 N–H and O–H groups in total. The average Bonchev–Trinajstić information content (AvgIpc) is 2.72. The Morgan fingerprint density at radius 1 is 1.50 bits per heavy atom. The van der Waals surface area contributed by atoms with Gasteiger partial charge in [0.15, 0.2) is 0 Å².